The highest BCUT2D eigenvalue weighted by atomic mass is 16.5. The Hall–Kier alpha value is -3.31. The fraction of sp³-hybridized carbons (Fsp3) is 0.387. The van der Waals surface area contributed by atoms with Crippen LogP contribution in [0.4, 0.5) is 5.69 Å². The van der Waals surface area contributed by atoms with Crippen LogP contribution < -0.4 is 15.0 Å². The standard InChI is InChI=1S/C31H38N2O3/c1-5-12-22-17-18-27(35-3)26(19-22)33(2)31-25(20-28(34)36-4)21-32-30(31)29(23-13-8-6-9-14-23)24-15-10-7-11-16-24/h6-11,13-19,25,29-32H,5,12,20-21H2,1-4H3. The summed E-state index contributed by atoms with van der Waals surface area (Å²) in [5.41, 5.74) is 4.85. The lowest BCUT2D eigenvalue weighted by Gasteiger charge is -2.39. The maximum absolute atomic E-state index is 12.5. The summed E-state index contributed by atoms with van der Waals surface area (Å²) in [5.74, 6) is 0.869. The zero-order chi connectivity index (χ0) is 25.5. The number of hydrogen-bond acceptors (Lipinski definition) is 5. The minimum absolute atomic E-state index is 0.0419. The maximum Gasteiger partial charge on any atom is 0.305 e. The molecule has 3 unspecified atom stereocenters. The van der Waals surface area contributed by atoms with Gasteiger partial charge in [-0.05, 0) is 35.2 Å². The molecule has 4 rings (SSSR count). The lowest BCUT2D eigenvalue weighted by Crippen LogP contribution is -2.48. The third-order valence-electron chi connectivity index (χ3n) is 7.41. The van der Waals surface area contributed by atoms with Gasteiger partial charge < -0.3 is 19.7 Å². The smallest absolute Gasteiger partial charge is 0.305 e. The second-order valence-corrected chi connectivity index (χ2v) is 9.63. The number of nitrogens with zero attached hydrogens (tertiary/aromatic N) is 1. The van der Waals surface area contributed by atoms with E-state index in [4.69, 9.17) is 9.47 Å². The number of ether oxygens (including phenoxy) is 2. The number of benzene rings is 3. The summed E-state index contributed by atoms with van der Waals surface area (Å²) in [4.78, 5) is 14.8. The van der Waals surface area contributed by atoms with Crippen LogP contribution in [-0.2, 0) is 16.0 Å². The van der Waals surface area contributed by atoms with Gasteiger partial charge in [0, 0.05) is 37.5 Å². The van der Waals surface area contributed by atoms with Crippen molar-refractivity contribution < 1.29 is 14.3 Å². The molecular weight excluding hydrogens is 448 g/mol. The van der Waals surface area contributed by atoms with Crippen molar-refractivity contribution >= 4 is 11.7 Å². The first kappa shape index (κ1) is 25.8. The lowest BCUT2D eigenvalue weighted by atomic mass is 9.79. The van der Waals surface area contributed by atoms with Crippen molar-refractivity contribution in [2.75, 3.05) is 32.7 Å². The van der Waals surface area contributed by atoms with Crippen LogP contribution in [0.1, 0.15) is 42.4 Å². The normalized spacial score (nSPS) is 19.3. The summed E-state index contributed by atoms with van der Waals surface area (Å²) in [7, 11) is 5.32. The van der Waals surface area contributed by atoms with Crippen molar-refractivity contribution in [2.24, 2.45) is 5.92 Å². The molecule has 3 aromatic carbocycles. The number of carbonyl (C=O) groups excluding carboxylic acids is 1. The molecule has 3 atom stereocenters. The molecule has 0 saturated carbocycles. The Kier molecular flexibility index (Phi) is 8.65. The first-order valence-electron chi connectivity index (χ1n) is 12.9. The van der Waals surface area contributed by atoms with Crippen molar-refractivity contribution in [3.63, 3.8) is 0 Å². The van der Waals surface area contributed by atoms with Gasteiger partial charge in [-0.25, -0.2) is 0 Å². The molecule has 0 amide bonds. The van der Waals surface area contributed by atoms with Gasteiger partial charge >= 0.3 is 5.97 Å². The van der Waals surface area contributed by atoms with Gasteiger partial charge in [-0.1, -0.05) is 80.1 Å². The van der Waals surface area contributed by atoms with E-state index in [9.17, 15) is 4.79 Å². The van der Waals surface area contributed by atoms with Crippen molar-refractivity contribution in [1.29, 1.82) is 0 Å². The van der Waals surface area contributed by atoms with E-state index >= 15 is 0 Å². The Labute approximate surface area is 215 Å². The number of aryl methyl sites for hydroxylation is 1. The SMILES string of the molecule is CCCc1ccc(OC)c(N(C)C2C(CC(=O)OC)CNC2C(c2ccccc2)c2ccccc2)c1. The summed E-state index contributed by atoms with van der Waals surface area (Å²) in [6, 6.07) is 27.9. The van der Waals surface area contributed by atoms with Gasteiger partial charge in [0.05, 0.1) is 26.3 Å². The molecule has 0 aromatic heterocycles. The number of likely N-dealkylation sites (N-methyl/N-ethyl adjacent to an activating group) is 1. The molecular formula is C31H38N2O3. The Morgan fingerprint density at radius 3 is 2.19 bits per heavy atom. The summed E-state index contributed by atoms with van der Waals surface area (Å²) >= 11 is 0. The second kappa shape index (κ2) is 12.1. The fourth-order valence-corrected chi connectivity index (χ4v) is 5.73. The predicted molar refractivity (Wildman–Crippen MR) is 146 cm³/mol. The minimum atomic E-state index is -0.177. The van der Waals surface area contributed by atoms with Crippen molar-refractivity contribution in [3.8, 4) is 5.75 Å². The Balaban J connectivity index is 1.80. The van der Waals surface area contributed by atoms with Gasteiger partial charge in [-0.15, -0.1) is 0 Å². The zero-order valence-electron chi connectivity index (χ0n) is 21.8. The van der Waals surface area contributed by atoms with Crippen LogP contribution in [0.25, 0.3) is 0 Å². The highest BCUT2D eigenvalue weighted by molar-refractivity contribution is 5.70. The van der Waals surface area contributed by atoms with Crippen LogP contribution in [0.15, 0.2) is 78.9 Å². The van der Waals surface area contributed by atoms with Gasteiger partial charge in [0.1, 0.15) is 5.75 Å². The van der Waals surface area contributed by atoms with Gasteiger partial charge in [0.2, 0.25) is 0 Å². The molecule has 190 valence electrons. The monoisotopic (exact) mass is 486 g/mol. The van der Waals surface area contributed by atoms with E-state index in [0.29, 0.717) is 6.42 Å². The van der Waals surface area contributed by atoms with Crippen LogP contribution in [-0.4, -0.2) is 45.9 Å². The van der Waals surface area contributed by atoms with Crippen LogP contribution in [0, 0.1) is 5.92 Å². The van der Waals surface area contributed by atoms with E-state index in [1.54, 1.807) is 7.11 Å². The van der Waals surface area contributed by atoms with Gasteiger partial charge in [0.25, 0.3) is 0 Å². The average Bonchev–Trinajstić information content (AvgIpc) is 3.32. The second-order valence-electron chi connectivity index (χ2n) is 9.63. The Morgan fingerprint density at radius 1 is 1.00 bits per heavy atom. The van der Waals surface area contributed by atoms with Crippen LogP contribution >= 0.6 is 0 Å². The molecule has 5 heteroatoms. The van der Waals surface area contributed by atoms with E-state index in [-0.39, 0.29) is 29.9 Å². The molecule has 1 saturated heterocycles. The number of rotatable bonds is 10. The van der Waals surface area contributed by atoms with E-state index in [1.807, 2.05) is 0 Å². The number of carbonyl (C=O) groups is 1. The largest absolute Gasteiger partial charge is 0.495 e. The quantitative estimate of drug-likeness (QED) is 0.387. The average molecular weight is 487 g/mol. The topological polar surface area (TPSA) is 50.8 Å². The number of hydrogen-bond donors (Lipinski definition) is 1. The maximum atomic E-state index is 12.5. The summed E-state index contributed by atoms with van der Waals surface area (Å²) in [6.07, 6.45) is 2.46. The first-order valence-corrected chi connectivity index (χ1v) is 12.9. The first-order chi connectivity index (χ1) is 17.6. The molecule has 0 radical (unpaired) electrons. The fourth-order valence-electron chi connectivity index (χ4n) is 5.73. The van der Waals surface area contributed by atoms with E-state index in [2.05, 4.69) is 103 Å². The Bertz CT molecular complexity index is 1080. The lowest BCUT2D eigenvalue weighted by molar-refractivity contribution is -0.141. The Morgan fingerprint density at radius 2 is 1.64 bits per heavy atom. The highest BCUT2D eigenvalue weighted by Gasteiger charge is 2.44. The minimum Gasteiger partial charge on any atom is -0.495 e. The summed E-state index contributed by atoms with van der Waals surface area (Å²) < 4.78 is 10.9. The number of methoxy groups -OCH3 is 2. The van der Waals surface area contributed by atoms with Crippen LogP contribution in [0.5, 0.6) is 5.75 Å². The molecule has 36 heavy (non-hydrogen) atoms. The predicted octanol–water partition coefficient (Wildman–Crippen LogP) is 5.44. The molecule has 1 N–H and O–H groups in total. The molecule has 1 aliphatic rings. The van der Waals surface area contributed by atoms with Crippen LogP contribution in [0.3, 0.4) is 0 Å². The number of esters is 1. The summed E-state index contributed by atoms with van der Waals surface area (Å²) in [6.45, 7) is 2.93. The third kappa shape index (κ3) is 5.57. The molecule has 1 fully saturated rings. The molecule has 3 aromatic rings. The molecule has 0 spiro atoms. The zero-order valence-corrected chi connectivity index (χ0v) is 21.8. The molecule has 1 heterocycles. The van der Waals surface area contributed by atoms with Crippen molar-refractivity contribution in [1.82, 2.24) is 5.32 Å². The number of nitrogens with one attached hydrogen (secondary N) is 1. The molecule has 5 nitrogen and oxygen atoms in total. The molecule has 1 aliphatic heterocycles. The van der Waals surface area contributed by atoms with Crippen LogP contribution in [0.2, 0.25) is 0 Å². The van der Waals surface area contributed by atoms with Crippen molar-refractivity contribution in [3.05, 3.63) is 95.6 Å². The third-order valence-corrected chi connectivity index (χ3v) is 7.41. The van der Waals surface area contributed by atoms with E-state index in [0.717, 1.165) is 30.8 Å². The highest BCUT2D eigenvalue weighted by Crippen LogP contribution is 2.40. The molecule has 0 bridgehead atoms. The van der Waals surface area contributed by atoms with Gasteiger partial charge in [-0.2, -0.15) is 0 Å². The van der Waals surface area contributed by atoms with E-state index < -0.39 is 0 Å². The number of anilines is 1. The van der Waals surface area contributed by atoms with Crippen molar-refractivity contribution in [2.45, 2.75) is 44.2 Å². The summed E-state index contributed by atoms with van der Waals surface area (Å²) in [5, 5.41) is 3.82. The molecule has 0 aliphatic carbocycles. The van der Waals surface area contributed by atoms with E-state index in [1.165, 1.54) is 23.8 Å². The van der Waals surface area contributed by atoms with Gasteiger partial charge in [0.15, 0.2) is 0 Å². The van der Waals surface area contributed by atoms with Gasteiger partial charge in [-0.3, -0.25) is 4.79 Å².